The maximum Gasteiger partial charge on any atom is 0.241 e. The van der Waals surface area contributed by atoms with Crippen molar-refractivity contribution >= 4 is 22.5 Å². The van der Waals surface area contributed by atoms with Crippen LogP contribution in [0, 0.1) is 0 Å². The molecule has 2 aromatic rings. The first-order valence-electron chi connectivity index (χ1n) is 6.72. The zero-order valence-corrected chi connectivity index (χ0v) is 10.7. The summed E-state index contributed by atoms with van der Waals surface area (Å²) in [5.74, 6) is 0.0519. The molecule has 1 fully saturated rings. The molecule has 1 aromatic carbocycles. The average molecular weight is 255 g/mol. The molecule has 1 saturated heterocycles. The number of piperidine rings is 1. The minimum atomic E-state index is -0.0688. The molecule has 19 heavy (non-hydrogen) atoms. The minimum absolute atomic E-state index is 0.0519. The van der Waals surface area contributed by atoms with Crippen molar-refractivity contribution in [3.8, 4) is 0 Å². The molecule has 4 nitrogen and oxygen atoms in total. The summed E-state index contributed by atoms with van der Waals surface area (Å²) in [5.41, 5.74) is 1.74. The Balaban J connectivity index is 1.82. The molecule has 1 amide bonds. The van der Waals surface area contributed by atoms with Crippen LogP contribution in [0.5, 0.6) is 0 Å². The smallest absolute Gasteiger partial charge is 0.241 e. The van der Waals surface area contributed by atoms with Gasteiger partial charge in [0.15, 0.2) is 0 Å². The molecule has 4 heteroatoms. The summed E-state index contributed by atoms with van der Waals surface area (Å²) < 4.78 is 0. The summed E-state index contributed by atoms with van der Waals surface area (Å²) in [4.78, 5) is 16.5. The second-order valence-electron chi connectivity index (χ2n) is 4.87. The van der Waals surface area contributed by atoms with Crippen LogP contribution in [0.2, 0.25) is 0 Å². The van der Waals surface area contributed by atoms with Gasteiger partial charge in [0.05, 0.1) is 17.2 Å². The van der Waals surface area contributed by atoms with E-state index in [-0.39, 0.29) is 11.9 Å². The van der Waals surface area contributed by atoms with Crippen LogP contribution < -0.4 is 10.6 Å². The number of benzene rings is 1. The van der Waals surface area contributed by atoms with Gasteiger partial charge in [0.2, 0.25) is 5.91 Å². The third kappa shape index (κ3) is 2.58. The number of nitrogens with one attached hydrogen (secondary N) is 2. The molecule has 1 unspecified atom stereocenters. The lowest BCUT2D eigenvalue weighted by Crippen LogP contribution is -2.43. The van der Waals surface area contributed by atoms with Gasteiger partial charge in [0.1, 0.15) is 0 Å². The van der Waals surface area contributed by atoms with Crippen LogP contribution in [0.4, 0.5) is 5.69 Å². The highest BCUT2D eigenvalue weighted by Crippen LogP contribution is 2.21. The fourth-order valence-corrected chi connectivity index (χ4v) is 2.51. The Labute approximate surface area is 112 Å². The summed E-state index contributed by atoms with van der Waals surface area (Å²) in [6, 6.07) is 9.58. The van der Waals surface area contributed by atoms with Gasteiger partial charge in [-0.2, -0.15) is 0 Å². The van der Waals surface area contributed by atoms with E-state index < -0.39 is 0 Å². The lowest BCUT2D eigenvalue weighted by atomic mass is 10.0. The van der Waals surface area contributed by atoms with Crippen molar-refractivity contribution in [2.24, 2.45) is 0 Å². The van der Waals surface area contributed by atoms with Gasteiger partial charge < -0.3 is 10.6 Å². The van der Waals surface area contributed by atoms with E-state index in [1.54, 1.807) is 6.20 Å². The molecule has 0 radical (unpaired) electrons. The topological polar surface area (TPSA) is 54.0 Å². The summed E-state index contributed by atoms with van der Waals surface area (Å²) in [6.45, 7) is 0.926. The van der Waals surface area contributed by atoms with Gasteiger partial charge in [-0.25, -0.2) is 0 Å². The van der Waals surface area contributed by atoms with Crippen molar-refractivity contribution in [3.63, 3.8) is 0 Å². The number of pyridine rings is 1. The normalized spacial score (nSPS) is 19.3. The Hall–Kier alpha value is -1.94. The molecule has 98 valence electrons. The van der Waals surface area contributed by atoms with Crippen LogP contribution in [0.3, 0.4) is 0 Å². The number of carbonyl (C=O) groups excluding carboxylic acids is 1. The van der Waals surface area contributed by atoms with E-state index in [9.17, 15) is 4.79 Å². The Bertz CT molecular complexity index is 585. The fraction of sp³-hybridized carbons (Fsp3) is 0.333. The maximum atomic E-state index is 12.2. The first-order valence-corrected chi connectivity index (χ1v) is 6.72. The van der Waals surface area contributed by atoms with E-state index in [2.05, 4.69) is 15.6 Å². The van der Waals surface area contributed by atoms with Gasteiger partial charge in [0.25, 0.3) is 0 Å². The van der Waals surface area contributed by atoms with Crippen LogP contribution >= 0.6 is 0 Å². The number of anilines is 1. The first-order chi connectivity index (χ1) is 9.34. The Morgan fingerprint density at radius 2 is 2.21 bits per heavy atom. The van der Waals surface area contributed by atoms with Crippen molar-refractivity contribution in [3.05, 3.63) is 36.5 Å². The average Bonchev–Trinajstić information content (AvgIpc) is 2.48. The Kier molecular flexibility index (Phi) is 3.42. The standard InChI is InChI=1S/C15H17N3O/c19-15(14-6-1-2-9-17-14)18-13-8-3-7-12-11(13)5-4-10-16-12/h3-5,7-8,10,14,17H,1-2,6,9H2,(H,18,19). The summed E-state index contributed by atoms with van der Waals surface area (Å²) in [5, 5.41) is 7.25. The lowest BCUT2D eigenvalue weighted by molar-refractivity contribution is -0.118. The van der Waals surface area contributed by atoms with E-state index in [4.69, 9.17) is 0 Å². The van der Waals surface area contributed by atoms with E-state index in [1.807, 2.05) is 30.3 Å². The number of carbonyl (C=O) groups is 1. The Morgan fingerprint density at radius 1 is 1.26 bits per heavy atom. The third-order valence-corrected chi connectivity index (χ3v) is 3.53. The first kappa shape index (κ1) is 12.1. The highest BCUT2D eigenvalue weighted by atomic mass is 16.2. The Morgan fingerprint density at radius 3 is 3.05 bits per heavy atom. The highest BCUT2D eigenvalue weighted by molar-refractivity contribution is 6.02. The molecular formula is C15H17N3O. The molecule has 3 rings (SSSR count). The van der Waals surface area contributed by atoms with E-state index in [0.717, 1.165) is 42.4 Å². The van der Waals surface area contributed by atoms with Crippen molar-refractivity contribution in [1.29, 1.82) is 0 Å². The summed E-state index contributed by atoms with van der Waals surface area (Å²) in [7, 11) is 0. The van der Waals surface area contributed by atoms with Gasteiger partial charge in [-0.05, 0) is 43.7 Å². The van der Waals surface area contributed by atoms with Crippen LogP contribution in [-0.2, 0) is 4.79 Å². The van der Waals surface area contributed by atoms with Crippen molar-refractivity contribution in [1.82, 2.24) is 10.3 Å². The molecule has 1 atom stereocenters. The molecule has 0 aliphatic carbocycles. The summed E-state index contributed by atoms with van der Waals surface area (Å²) in [6.07, 6.45) is 4.94. The SMILES string of the molecule is O=C(Nc1cccc2ncccc12)C1CCCCN1. The zero-order chi connectivity index (χ0) is 13.1. The number of hydrogen-bond acceptors (Lipinski definition) is 3. The highest BCUT2D eigenvalue weighted by Gasteiger charge is 2.20. The van der Waals surface area contributed by atoms with Crippen molar-refractivity contribution in [2.45, 2.75) is 25.3 Å². The lowest BCUT2D eigenvalue weighted by Gasteiger charge is -2.22. The van der Waals surface area contributed by atoms with E-state index in [0.29, 0.717) is 0 Å². The molecule has 0 saturated carbocycles. The number of nitrogens with zero attached hydrogens (tertiary/aromatic N) is 1. The molecular weight excluding hydrogens is 238 g/mol. The number of amides is 1. The number of aromatic nitrogens is 1. The largest absolute Gasteiger partial charge is 0.324 e. The molecule has 0 spiro atoms. The molecule has 1 aliphatic heterocycles. The molecule has 0 bridgehead atoms. The van der Waals surface area contributed by atoms with Crippen LogP contribution in [0.15, 0.2) is 36.5 Å². The number of hydrogen-bond donors (Lipinski definition) is 2. The predicted octanol–water partition coefficient (Wildman–Crippen LogP) is 2.32. The number of fused-ring (bicyclic) bond motifs is 1. The third-order valence-electron chi connectivity index (χ3n) is 3.53. The van der Waals surface area contributed by atoms with Crippen LogP contribution in [0.1, 0.15) is 19.3 Å². The predicted molar refractivity (Wildman–Crippen MR) is 76.0 cm³/mol. The maximum absolute atomic E-state index is 12.2. The zero-order valence-electron chi connectivity index (χ0n) is 10.7. The van der Waals surface area contributed by atoms with Crippen molar-refractivity contribution in [2.75, 3.05) is 11.9 Å². The van der Waals surface area contributed by atoms with Gasteiger partial charge in [-0.15, -0.1) is 0 Å². The second-order valence-corrected chi connectivity index (χ2v) is 4.87. The van der Waals surface area contributed by atoms with Gasteiger partial charge >= 0.3 is 0 Å². The molecule has 1 aromatic heterocycles. The molecule has 2 N–H and O–H groups in total. The van der Waals surface area contributed by atoms with E-state index in [1.165, 1.54) is 0 Å². The second kappa shape index (κ2) is 5.36. The van der Waals surface area contributed by atoms with Crippen LogP contribution in [0.25, 0.3) is 10.9 Å². The van der Waals surface area contributed by atoms with E-state index >= 15 is 0 Å². The molecule has 1 aliphatic rings. The van der Waals surface area contributed by atoms with Crippen molar-refractivity contribution < 1.29 is 4.79 Å². The van der Waals surface area contributed by atoms with Gasteiger partial charge in [-0.1, -0.05) is 12.5 Å². The number of rotatable bonds is 2. The van der Waals surface area contributed by atoms with Gasteiger partial charge in [-0.3, -0.25) is 9.78 Å². The minimum Gasteiger partial charge on any atom is -0.324 e. The fourth-order valence-electron chi connectivity index (χ4n) is 2.51. The molecule has 2 heterocycles. The monoisotopic (exact) mass is 255 g/mol. The quantitative estimate of drug-likeness (QED) is 0.866. The summed E-state index contributed by atoms with van der Waals surface area (Å²) >= 11 is 0. The van der Waals surface area contributed by atoms with Gasteiger partial charge in [0, 0.05) is 11.6 Å². The van der Waals surface area contributed by atoms with Crippen LogP contribution in [-0.4, -0.2) is 23.5 Å².